The van der Waals surface area contributed by atoms with Crippen LogP contribution in [0.3, 0.4) is 0 Å². The molecule has 0 spiro atoms. The summed E-state index contributed by atoms with van der Waals surface area (Å²) in [5.74, 6) is -0.786. The first-order chi connectivity index (χ1) is 10.0. The van der Waals surface area contributed by atoms with Gasteiger partial charge in [0.25, 0.3) is 5.91 Å². The van der Waals surface area contributed by atoms with Crippen LogP contribution in [0.15, 0.2) is 12.1 Å². The molecule has 1 N–H and O–H groups in total. The van der Waals surface area contributed by atoms with Gasteiger partial charge in [-0.15, -0.1) is 0 Å². The summed E-state index contributed by atoms with van der Waals surface area (Å²) in [4.78, 5) is 24.1. The highest BCUT2D eigenvalue weighted by atomic mass is 35.5. The summed E-state index contributed by atoms with van der Waals surface area (Å²) in [5.41, 5.74) is 1.36. The SMILES string of the molecule is COC(=O)c1cc(Cl)cc(C)c1NC(=O)[C@@H]1CCCCO1. The molecule has 0 radical (unpaired) electrons. The normalized spacial score (nSPS) is 18.1. The number of carbonyl (C=O) groups is 2. The maximum absolute atomic E-state index is 12.2. The Kier molecular flexibility index (Phi) is 5.20. The Morgan fingerprint density at radius 1 is 1.38 bits per heavy atom. The fourth-order valence-corrected chi connectivity index (χ4v) is 2.60. The molecule has 1 fully saturated rings. The van der Waals surface area contributed by atoms with E-state index in [1.54, 1.807) is 13.0 Å². The molecule has 0 saturated carbocycles. The number of halogens is 1. The predicted molar refractivity (Wildman–Crippen MR) is 79.7 cm³/mol. The smallest absolute Gasteiger partial charge is 0.340 e. The first kappa shape index (κ1) is 15.8. The Bertz CT molecular complexity index is 553. The Hall–Kier alpha value is -1.59. The molecule has 1 aromatic carbocycles. The van der Waals surface area contributed by atoms with Crippen molar-refractivity contribution in [3.05, 3.63) is 28.3 Å². The van der Waals surface area contributed by atoms with Crippen LogP contribution in [0.25, 0.3) is 0 Å². The average molecular weight is 312 g/mol. The summed E-state index contributed by atoms with van der Waals surface area (Å²) in [6.45, 7) is 2.36. The third-order valence-electron chi connectivity index (χ3n) is 3.43. The number of ether oxygens (including phenoxy) is 2. The van der Waals surface area contributed by atoms with Crippen molar-refractivity contribution in [1.29, 1.82) is 0 Å². The van der Waals surface area contributed by atoms with Gasteiger partial charge in [0, 0.05) is 11.6 Å². The molecule has 2 rings (SSSR count). The highest BCUT2D eigenvalue weighted by Gasteiger charge is 2.24. The lowest BCUT2D eigenvalue weighted by molar-refractivity contribution is -0.129. The number of aryl methyl sites for hydroxylation is 1. The summed E-state index contributed by atoms with van der Waals surface area (Å²) in [6.07, 6.45) is 2.14. The lowest BCUT2D eigenvalue weighted by Gasteiger charge is -2.22. The Morgan fingerprint density at radius 3 is 2.76 bits per heavy atom. The maximum Gasteiger partial charge on any atom is 0.340 e. The topological polar surface area (TPSA) is 64.6 Å². The summed E-state index contributed by atoms with van der Waals surface area (Å²) < 4.78 is 10.2. The fourth-order valence-electron chi connectivity index (χ4n) is 2.33. The lowest BCUT2D eigenvalue weighted by Crippen LogP contribution is -2.33. The van der Waals surface area contributed by atoms with E-state index in [1.165, 1.54) is 13.2 Å². The largest absolute Gasteiger partial charge is 0.465 e. The number of amides is 1. The molecule has 1 aliphatic rings. The minimum absolute atomic E-state index is 0.242. The van der Waals surface area contributed by atoms with Crippen molar-refractivity contribution in [2.45, 2.75) is 32.3 Å². The molecule has 21 heavy (non-hydrogen) atoms. The number of anilines is 1. The van der Waals surface area contributed by atoms with E-state index in [0.717, 1.165) is 12.8 Å². The third kappa shape index (κ3) is 3.74. The van der Waals surface area contributed by atoms with Gasteiger partial charge < -0.3 is 14.8 Å². The molecule has 1 amide bonds. The lowest BCUT2D eigenvalue weighted by atomic mass is 10.1. The van der Waals surface area contributed by atoms with Crippen LogP contribution in [-0.2, 0) is 14.3 Å². The molecule has 6 heteroatoms. The van der Waals surface area contributed by atoms with Crippen LogP contribution < -0.4 is 5.32 Å². The van der Waals surface area contributed by atoms with Crippen LogP contribution in [0.1, 0.15) is 35.2 Å². The van der Waals surface area contributed by atoms with Crippen LogP contribution in [0, 0.1) is 6.92 Å². The molecule has 114 valence electrons. The molecule has 0 unspecified atom stereocenters. The van der Waals surface area contributed by atoms with Crippen molar-refractivity contribution in [3.63, 3.8) is 0 Å². The zero-order valence-corrected chi connectivity index (χ0v) is 12.8. The summed E-state index contributed by atoms with van der Waals surface area (Å²) in [6, 6.07) is 3.17. The van der Waals surface area contributed by atoms with Gasteiger partial charge in [0.1, 0.15) is 6.10 Å². The third-order valence-corrected chi connectivity index (χ3v) is 3.64. The van der Waals surface area contributed by atoms with E-state index in [4.69, 9.17) is 21.1 Å². The Balaban J connectivity index is 2.25. The number of hydrogen-bond donors (Lipinski definition) is 1. The van der Waals surface area contributed by atoms with Gasteiger partial charge in [-0.3, -0.25) is 4.79 Å². The van der Waals surface area contributed by atoms with Gasteiger partial charge >= 0.3 is 5.97 Å². The quantitative estimate of drug-likeness (QED) is 0.872. The number of rotatable bonds is 3. The monoisotopic (exact) mass is 311 g/mol. The molecular formula is C15H18ClNO4. The molecule has 1 heterocycles. The van der Waals surface area contributed by atoms with Gasteiger partial charge in [-0.1, -0.05) is 11.6 Å². The van der Waals surface area contributed by atoms with Crippen LogP contribution in [0.5, 0.6) is 0 Å². The van der Waals surface area contributed by atoms with Crippen LogP contribution >= 0.6 is 11.6 Å². The molecule has 1 aliphatic heterocycles. The standard InChI is InChI=1S/C15H18ClNO4/c1-9-7-10(16)8-11(15(19)20-2)13(9)17-14(18)12-5-3-4-6-21-12/h7-8,12H,3-6H2,1-2H3,(H,17,18)/t12-/m0/s1. The van der Waals surface area contributed by atoms with Gasteiger partial charge in [-0.25, -0.2) is 4.79 Å². The van der Waals surface area contributed by atoms with E-state index < -0.39 is 12.1 Å². The molecule has 0 aromatic heterocycles. The Morgan fingerprint density at radius 2 is 2.14 bits per heavy atom. The van der Waals surface area contributed by atoms with Gasteiger partial charge in [-0.05, 0) is 43.9 Å². The highest BCUT2D eigenvalue weighted by Crippen LogP contribution is 2.27. The van der Waals surface area contributed by atoms with Crippen molar-refractivity contribution in [1.82, 2.24) is 0 Å². The second kappa shape index (κ2) is 6.91. The number of esters is 1. The zero-order chi connectivity index (χ0) is 15.4. The maximum atomic E-state index is 12.2. The van der Waals surface area contributed by atoms with E-state index in [9.17, 15) is 9.59 Å². The van der Waals surface area contributed by atoms with Crippen LogP contribution in [0.4, 0.5) is 5.69 Å². The minimum atomic E-state index is -0.541. The van der Waals surface area contributed by atoms with Crippen LogP contribution in [-0.4, -0.2) is 31.7 Å². The number of carbonyl (C=O) groups excluding carboxylic acids is 2. The molecule has 5 nitrogen and oxygen atoms in total. The molecule has 1 aromatic rings. The summed E-state index contributed by atoms with van der Waals surface area (Å²) in [7, 11) is 1.29. The van der Waals surface area contributed by atoms with Crippen molar-refractivity contribution in [3.8, 4) is 0 Å². The van der Waals surface area contributed by atoms with Crippen molar-refractivity contribution in [2.75, 3.05) is 19.0 Å². The molecule has 0 aliphatic carbocycles. The van der Waals surface area contributed by atoms with Crippen molar-refractivity contribution in [2.24, 2.45) is 0 Å². The van der Waals surface area contributed by atoms with E-state index in [0.29, 0.717) is 29.3 Å². The number of benzene rings is 1. The van der Waals surface area contributed by atoms with Gasteiger partial charge in [0.05, 0.1) is 18.4 Å². The minimum Gasteiger partial charge on any atom is -0.465 e. The molecule has 0 bridgehead atoms. The van der Waals surface area contributed by atoms with Gasteiger partial charge in [-0.2, -0.15) is 0 Å². The van der Waals surface area contributed by atoms with Crippen molar-refractivity contribution >= 4 is 29.2 Å². The van der Waals surface area contributed by atoms with Gasteiger partial charge in [0.15, 0.2) is 0 Å². The average Bonchev–Trinajstić information content (AvgIpc) is 2.49. The number of hydrogen-bond acceptors (Lipinski definition) is 4. The summed E-state index contributed by atoms with van der Waals surface area (Å²) >= 11 is 5.96. The number of methoxy groups -OCH3 is 1. The second-order valence-corrected chi connectivity index (χ2v) is 5.42. The molecule has 1 saturated heterocycles. The second-order valence-electron chi connectivity index (χ2n) is 4.98. The highest BCUT2D eigenvalue weighted by molar-refractivity contribution is 6.31. The van der Waals surface area contributed by atoms with Crippen LogP contribution in [0.2, 0.25) is 5.02 Å². The van der Waals surface area contributed by atoms with E-state index in [1.807, 2.05) is 0 Å². The number of nitrogens with one attached hydrogen (secondary N) is 1. The first-order valence-corrected chi connectivity index (χ1v) is 7.21. The van der Waals surface area contributed by atoms with Gasteiger partial charge in [0.2, 0.25) is 0 Å². The predicted octanol–water partition coefficient (Wildman–Crippen LogP) is 2.94. The van der Waals surface area contributed by atoms with Crippen molar-refractivity contribution < 1.29 is 19.1 Å². The Labute approximate surface area is 128 Å². The summed E-state index contributed by atoms with van der Waals surface area (Å²) in [5, 5.41) is 3.18. The first-order valence-electron chi connectivity index (χ1n) is 6.84. The fraction of sp³-hybridized carbons (Fsp3) is 0.467. The van der Waals surface area contributed by atoms with E-state index >= 15 is 0 Å². The van der Waals surface area contributed by atoms with E-state index in [-0.39, 0.29) is 11.5 Å². The zero-order valence-electron chi connectivity index (χ0n) is 12.1. The van der Waals surface area contributed by atoms with E-state index in [2.05, 4.69) is 5.32 Å². The molecule has 1 atom stereocenters. The molecular weight excluding hydrogens is 294 g/mol.